The predicted molar refractivity (Wildman–Crippen MR) is 91.3 cm³/mol. The largest absolute Gasteiger partial charge is 0.489 e. The smallest absolute Gasteiger partial charge is 0.179 e. The Morgan fingerprint density at radius 3 is 2.86 bits per heavy atom. The molecule has 4 nitrogen and oxygen atoms in total. The Kier molecular flexibility index (Phi) is 6.21. The lowest BCUT2D eigenvalue weighted by molar-refractivity contribution is 0.157. The summed E-state index contributed by atoms with van der Waals surface area (Å²) in [6.45, 7) is 6.52. The lowest BCUT2D eigenvalue weighted by Gasteiger charge is -2.35. The van der Waals surface area contributed by atoms with Crippen LogP contribution < -0.4 is 15.2 Å². The van der Waals surface area contributed by atoms with E-state index >= 15 is 0 Å². The van der Waals surface area contributed by atoms with Gasteiger partial charge in [0, 0.05) is 25.6 Å². The minimum Gasteiger partial charge on any atom is -0.489 e. The molecular weight excluding hydrogens is 323 g/mol. The average molecular weight is 347 g/mol. The van der Waals surface area contributed by atoms with E-state index in [-0.39, 0.29) is 12.4 Å². The molecule has 2 unspecified atom stereocenters. The maximum atomic E-state index is 6.35. The highest BCUT2D eigenvalue weighted by Gasteiger charge is 2.24. The van der Waals surface area contributed by atoms with Gasteiger partial charge < -0.3 is 15.2 Å². The van der Waals surface area contributed by atoms with Gasteiger partial charge in [-0.2, -0.15) is 0 Å². The molecule has 6 heteroatoms. The van der Waals surface area contributed by atoms with Crippen molar-refractivity contribution >= 4 is 24.0 Å². The fourth-order valence-electron chi connectivity index (χ4n) is 3.03. The first-order valence-electron chi connectivity index (χ1n) is 7.69. The second-order valence-corrected chi connectivity index (χ2v) is 6.53. The third-order valence-electron chi connectivity index (χ3n) is 4.32. The van der Waals surface area contributed by atoms with E-state index in [0.717, 1.165) is 38.2 Å². The molecule has 3 rings (SSSR count). The zero-order valence-corrected chi connectivity index (χ0v) is 14.5. The van der Waals surface area contributed by atoms with E-state index in [4.69, 9.17) is 26.8 Å². The number of nitrogens with zero attached hydrogens (tertiary/aromatic N) is 1. The summed E-state index contributed by atoms with van der Waals surface area (Å²) in [7, 11) is 0. The highest BCUT2D eigenvalue weighted by molar-refractivity contribution is 6.32. The van der Waals surface area contributed by atoms with Crippen molar-refractivity contribution in [2.24, 2.45) is 11.7 Å². The van der Waals surface area contributed by atoms with Crippen molar-refractivity contribution in [2.75, 3.05) is 26.3 Å². The number of likely N-dealkylation sites (tertiary alicyclic amines) is 1. The minimum atomic E-state index is 0. The number of benzene rings is 1. The maximum Gasteiger partial charge on any atom is 0.179 e. The molecule has 0 spiro atoms. The monoisotopic (exact) mass is 346 g/mol. The minimum absolute atomic E-state index is 0. The van der Waals surface area contributed by atoms with E-state index in [0.29, 0.717) is 35.9 Å². The predicted octanol–water partition coefficient (Wildman–Crippen LogP) is 3.09. The van der Waals surface area contributed by atoms with Crippen LogP contribution in [0.4, 0.5) is 0 Å². The van der Waals surface area contributed by atoms with Crippen molar-refractivity contribution < 1.29 is 9.47 Å². The average Bonchev–Trinajstić information content (AvgIpc) is 2.69. The summed E-state index contributed by atoms with van der Waals surface area (Å²) in [6, 6.07) is 4.38. The van der Waals surface area contributed by atoms with Crippen LogP contribution >= 0.6 is 24.0 Å². The first-order chi connectivity index (χ1) is 10.1. The Bertz CT molecular complexity index is 513. The van der Waals surface area contributed by atoms with Crippen LogP contribution in [0.5, 0.6) is 11.5 Å². The fourth-order valence-corrected chi connectivity index (χ4v) is 3.32. The summed E-state index contributed by atoms with van der Waals surface area (Å²) in [5.41, 5.74) is 7.26. The molecule has 0 aliphatic carbocycles. The first kappa shape index (κ1) is 17.7. The van der Waals surface area contributed by atoms with Gasteiger partial charge in [0.25, 0.3) is 0 Å². The molecule has 2 atom stereocenters. The van der Waals surface area contributed by atoms with Crippen LogP contribution in [0.1, 0.15) is 25.3 Å². The van der Waals surface area contributed by atoms with E-state index in [9.17, 15) is 0 Å². The van der Waals surface area contributed by atoms with Crippen LogP contribution in [0.15, 0.2) is 12.1 Å². The summed E-state index contributed by atoms with van der Waals surface area (Å²) in [5, 5.41) is 0.645. The molecule has 1 aromatic rings. The number of nitrogens with two attached hydrogens (primary N) is 1. The zero-order valence-electron chi connectivity index (χ0n) is 12.9. The Morgan fingerprint density at radius 1 is 1.32 bits per heavy atom. The molecule has 1 saturated heterocycles. The number of rotatable bonds is 2. The molecule has 22 heavy (non-hydrogen) atoms. The van der Waals surface area contributed by atoms with Gasteiger partial charge in [-0.3, -0.25) is 4.90 Å². The van der Waals surface area contributed by atoms with Crippen LogP contribution in [0.25, 0.3) is 0 Å². The number of fused-ring (bicyclic) bond motifs is 1. The third kappa shape index (κ3) is 3.99. The van der Waals surface area contributed by atoms with Gasteiger partial charge in [-0.15, -0.1) is 12.4 Å². The number of hydrogen-bond acceptors (Lipinski definition) is 4. The fraction of sp³-hybridized carbons (Fsp3) is 0.625. The quantitative estimate of drug-likeness (QED) is 0.893. The van der Waals surface area contributed by atoms with Crippen LogP contribution in [0, 0.1) is 5.92 Å². The summed E-state index contributed by atoms with van der Waals surface area (Å²) >= 11 is 6.35. The Labute approximate surface area is 143 Å². The van der Waals surface area contributed by atoms with E-state index in [1.54, 1.807) is 0 Å². The third-order valence-corrected chi connectivity index (χ3v) is 4.60. The van der Waals surface area contributed by atoms with E-state index < -0.39 is 0 Å². The van der Waals surface area contributed by atoms with Gasteiger partial charge in [-0.1, -0.05) is 18.5 Å². The molecule has 2 N–H and O–H groups in total. The number of hydrogen-bond donors (Lipinski definition) is 1. The van der Waals surface area contributed by atoms with Crippen molar-refractivity contribution in [3.05, 3.63) is 22.7 Å². The van der Waals surface area contributed by atoms with E-state index in [1.165, 1.54) is 5.56 Å². The van der Waals surface area contributed by atoms with E-state index in [1.807, 2.05) is 6.07 Å². The highest BCUT2D eigenvalue weighted by atomic mass is 35.5. The van der Waals surface area contributed by atoms with Crippen LogP contribution in [-0.2, 0) is 6.54 Å². The van der Waals surface area contributed by atoms with Crippen molar-refractivity contribution in [3.8, 4) is 11.5 Å². The normalized spacial score (nSPS) is 25.2. The second-order valence-electron chi connectivity index (χ2n) is 6.12. The molecule has 0 bridgehead atoms. The van der Waals surface area contributed by atoms with Crippen molar-refractivity contribution in [3.63, 3.8) is 0 Å². The van der Waals surface area contributed by atoms with Gasteiger partial charge in [-0.25, -0.2) is 0 Å². The van der Waals surface area contributed by atoms with Gasteiger partial charge in [-0.05, 0) is 36.6 Å². The maximum absolute atomic E-state index is 6.35. The molecule has 1 aromatic carbocycles. The van der Waals surface area contributed by atoms with Crippen molar-refractivity contribution in [1.82, 2.24) is 4.90 Å². The molecule has 1 fully saturated rings. The molecule has 2 aliphatic heterocycles. The number of halogens is 2. The van der Waals surface area contributed by atoms with Crippen LogP contribution in [-0.4, -0.2) is 37.2 Å². The summed E-state index contributed by atoms with van der Waals surface area (Å²) < 4.78 is 11.4. The lowest BCUT2D eigenvalue weighted by atomic mass is 9.94. The molecular formula is C16H24Cl2N2O2. The molecule has 2 aliphatic rings. The number of ether oxygens (including phenoxy) is 2. The second kappa shape index (κ2) is 7.73. The van der Waals surface area contributed by atoms with Gasteiger partial charge in [0.1, 0.15) is 0 Å². The summed E-state index contributed by atoms with van der Waals surface area (Å²) in [4.78, 5) is 2.43. The van der Waals surface area contributed by atoms with E-state index in [2.05, 4.69) is 17.9 Å². The molecule has 0 amide bonds. The van der Waals surface area contributed by atoms with Gasteiger partial charge in [0.2, 0.25) is 0 Å². The van der Waals surface area contributed by atoms with Crippen molar-refractivity contribution in [1.29, 1.82) is 0 Å². The van der Waals surface area contributed by atoms with Crippen LogP contribution in [0.2, 0.25) is 5.02 Å². The zero-order chi connectivity index (χ0) is 14.8. The Hall–Kier alpha value is -0.680. The van der Waals surface area contributed by atoms with Gasteiger partial charge in [0.05, 0.1) is 18.2 Å². The van der Waals surface area contributed by atoms with Gasteiger partial charge >= 0.3 is 0 Å². The standard InChI is InChI=1S/C16H23ClN2O2.ClH/c1-11-9-19(4-3-14(11)18)10-12-7-13(17)16-15(8-12)20-5-2-6-21-16;/h7-8,11,14H,2-6,9-10,18H2,1H3;1H. The summed E-state index contributed by atoms with van der Waals surface area (Å²) in [6.07, 6.45) is 1.95. The molecule has 2 heterocycles. The molecule has 0 saturated carbocycles. The van der Waals surface area contributed by atoms with Gasteiger partial charge in [0.15, 0.2) is 11.5 Å². The Balaban J connectivity index is 0.00000176. The topological polar surface area (TPSA) is 47.7 Å². The SMILES string of the molecule is CC1CN(Cc2cc(Cl)c3c(c2)OCCCO3)CCC1N.Cl. The number of piperidine rings is 1. The highest BCUT2D eigenvalue weighted by Crippen LogP contribution is 2.38. The van der Waals surface area contributed by atoms with Crippen LogP contribution in [0.3, 0.4) is 0 Å². The van der Waals surface area contributed by atoms with Crippen molar-refractivity contribution in [2.45, 2.75) is 32.4 Å². The molecule has 124 valence electrons. The first-order valence-corrected chi connectivity index (χ1v) is 8.07. The molecule has 0 radical (unpaired) electrons. The lowest BCUT2D eigenvalue weighted by Crippen LogP contribution is -2.45. The Morgan fingerprint density at radius 2 is 2.09 bits per heavy atom. The molecule has 0 aromatic heterocycles. The summed E-state index contributed by atoms with van der Waals surface area (Å²) in [5.74, 6) is 2.00.